The summed E-state index contributed by atoms with van der Waals surface area (Å²) in [6.07, 6.45) is 0.449. The number of carboxylic acid groups (broad SMARTS) is 2. The van der Waals surface area contributed by atoms with Gasteiger partial charge < -0.3 is 56.8 Å². The number of benzene rings is 2. The highest BCUT2D eigenvalue weighted by atomic mass is 32.1. The van der Waals surface area contributed by atoms with Crippen LogP contribution in [0.3, 0.4) is 0 Å². The Morgan fingerprint density at radius 2 is 1.02 bits per heavy atom. The molecule has 8 aromatic rings. The van der Waals surface area contributed by atoms with E-state index in [9.17, 15) is 37.1 Å². The standard InChI is InChI=1S/C27H27N7O3.C26H21N7O2.C4H4O2.C2HF3O2.2H2S/c1-15-18(32-26(36)37-27(2,3)4)13-34-22(15)20(21-23(28)30-14-31-24(21)34)16-8-10-17(11-9-16)25(35)33-19-7-5-6-12-29-19;1-3-6-20(34)31-18-13-33-23(15(18)2)21(22-24(27)29-14-30-25(22)33)16-8-10-17(11-9-16)26(35)32-19-7-4-5-12-28-19;1-2-3-4(5)6;3-2(4,5)1(6)7;;/h5-12,14,18H,1,13H2,2-4H3,(H,32,36)(H2,28,30,31)(H,29,33,35);4-5,7-12,14,18H,2,13H2,1H3,(H,31,34)(H2,27,29,30)(H,28,32,35);1H3,(H,5,6);(H,6,7);2*1H2/t2*18-;;;;/m11..../s1. The lowest BCUT2D eigenvalue weighted by Crippen LogP contribution is -2.39. The van der Waals surface area contributed by atoms with Crippen molar-refractivity contribution in [3.8, 4) is 45.9 Å². The zero-order chi connectivity index (χ0) is 61.9. The predicted molar refractivity (Wildman–Crippen MR) is 331 cm³/mol. The number of aliphatic carboxylic acids is 2. The predicted octanol–water partition coefficient (Wildman–Crippen LogP) is 8.06. The maximum atomic E-state index is 12.7. The maximum absolute atomic E-state index is 12.7. The van der Waals surface area contributed by atoms with E-state index in [-0.39, 0.29) is 56.8 Å². The summed E-state index contributed by atoms with van der Waals surface area (Å²) < 4.78 is 41.1. The molecular formula is C59H57F3N14O9S2. The Balaban J connectivity index is 0.000000259. The molecule has 87 heavy (non-hydrogen) atoms. The number of alkyl carbamates (subject to hydrolysis) is 1. The van der Waals surface area contributed by atoms with Gasteiger partial charge in [-0.05, 0) is 111 Å². The van der Waals surface area contributed by atoms with E-state index in [1.54, 1.807) is 80.0 Å². The van der Waals surface area contributed by atoms with Crippen molar-refractivity contribution in [1.29, 1.82) is 0 Å². The molecule has 6 aromatic heterocycles. The number of hydrogen-bond acceptors (Lipinski definition) is 15. The Morgan fingerprint density at radius 3 is 1.36 bits per heavy atom. The Labute approximate surface area is 508 Å². The summed E-state index contributed by atoms with van der Waals surface area (Å²) in [7, 11) is 0. The molecule has 0 radical (unpaired) electrons. The topological polar surface area (TPSA) is 339 Å². The number of fused-ring (bicyclic) bond motifs is 6. The highest BCUT2D eigenvalue weighted by molar-refractivity contribution is 7.59. The largest absolute Gasteiger partial charge is 0.490 e. The van der Waals surface area contributed by atoms with Gasteiger partial charge in [0.25, 0.3) is 17.7 Å². The number of carbonyl (C=O) groups is 6. The van der Waals surface area contributed by atoms with Crippen molar-refractivity contribution in [2.24, 2.45) is 0 Å². The molecule has 0 saturated carbocycles. The van der Waals surface area contributed by atoms with Gasteiger partial charge in [-0.2, -0.15) is 40.2 Å². The SMILES string of the molecule is C=C1c2c(-c3ccc(C(=O)Nc4ccccn4)cc3)c3c(N)ncnc3n2C[C@H]1NC(=O)C#CC.C=C1c2c(-c3ccc(C(=O)Nc4ccccn4)cc3)c3c(N)ncnc3n2C[C@H]1NC(=O)OC(C)(C)C.CC#CC(=O)O.O=C(O)C(F)(F)F.S.S. The van der Waals surface area contributed by atoms with Crippen molar-refractivity contribution >= 4 is 119 Å². The zero-order valence-corrected chi connectivity index (χ0v) is 49.0. The van der Waals surface area contributed by atoms with Crippen LogP contribution in [-0.4, -0.2) is 109 Å². The maximum Gasteiger partial charge on any atom is 0.490 e. The van der Waals surface area contributed by atoms with Crippen LogP contribution < -0.4 is 32.7 Å². The summed E-state index contributed by atoms with van der Waals surface area (Å²) in [5.41, 5.74) is 20.5. The van der Waals surface area contributed by atoms with Crippen LogP contribution in [0.1, 0.15) is 66.7 Å². The second-order valence-electron chi connectivity index (χ2n) is 19.2. The number of nitrogens with one attached hydrogen (secondary N) is 4. The normalized spacial score (nSPS) is 13.3. The van der Waals surface area contributed by atoms with Gasteiger partial charge in [-0.3, -0.25) is 14.4 Å². The molecule has 2 aliphatic rings. The Kier molecular flexibility index (Phi) is 22.1. The lowest BCUT2D eigenvalue weighted by molar-refractivity contribution is -0.192. The minimum Gasteiger partial charge on any atom is -0.475 e. The van der Waals surface area contributed by atoms with E-state index in [0.717, 1.165) is 39.2 Å². The third-order valence-electron chi connectivity index (χ3n) is 12.3. The first-order valence-electron chi connectivity index (χ1n) is 25.3. The first-order valence-corrected chi connectivity index (χ1v) is 25.3. The zero-order valence-electron chi connectivity index (χ0n) is 47.0. The molecule has 2 aromatic carbocycles. The van der Waals surface area contributed by atoms with Gasteiger partial charge in [0.1, 0.15) is 52.8 Å². The van der Waals surface area contributed by atoms with Crippen molar-refractivity contribution in [3.05, 3.63) is 146 Å². The van der Waals surface area contributed by atoms with Crippen LogP contribution >= 0.6 is 27.0 Å². The fraction of sp³-hybridized carbons (Fsp3) is 0.186. The van der Waals surface area contributed by atoms with Gasteiger partial charge in [0, 0.05) is 53.7 Å². The average Bonchev–Trinajstić information content (AvgIpc) is 1.61. The highest BCUT2D eigenvalue weighted by Crippen LogP contribution is 2.45. The fourth-order valence-electron chi connectivity index (χ4n) is 8.84. The van der Waals surface area contributed by atoms with Crippen LogP contribution in [0.25, 0.3) is 55.5 Å². The highest BCUT2D eigenvalue weighted by Gasteiger charge is 2.39. The Bertz CT molecular complexity index is 4060. The third-order valence-corrected chi connectivity index (χ3v) is 12.3. The van der Waals surface area contributed by atoms with Crippen LogP contribution in [0, 0.1) is 23.7 Å². The molecule has 2 atom stereocenters. The van der Waals surface area contributed by atoms with Gasteiger partial charge in [-0.25, -0.2) is 44.3 Å². The summed E-state index contributed by atoms with van der Waals surface area (Å²) in [6, 6.07) is 24.2. The van der Waals surface area contributed by atoms with Crippen LogP contribution in [0.5, 0.6) is 0 Å². The number of amides is 4. The Hall–Kier alpha value is -10.7. The molecule has 2 aliphatic heterocycles. The molecule has 10 rings (SSSR count). The quantitative estimate of drug-likeness (QED) is 0.0667. The van der Waals surface area contributed by atoms with Crippen molar-refractivity contribution in [2.75, 3.05) is 22.1 Å². The van der Waals surface area contributed by atoms with Gasteiger partial charge in [0.15, 0.2) is 0 Å². The summed E-state index contributed by atoms with van der Waals surface area (Å²) in [4.78, 5) is 93.8. The monoisotopic (exact) mass is 1230 g/mol. The lowest BCUT2D eigenvalue weighted by atomic mass is 9.97. The minimum absolute atomic E-state index is 0. The number of nitrogens with two attached hydrogens (primary N) is 2. The number of alkyl halides is 3. The summed E-state index contributed by atoms with van der Waals surface area (Å²) >= 11 is 0. The van der Waals surface area contributed by atoms with E-state index in [2.05, 4.69) is 82.1 Å². The lowest BCUT2D eigenvalue weighted by Gasteiger charge is -2.22. The Morgan fingerprint density at radius 1 is 0.621 bits per heavy atom. The van der Waals surface area contributed by atoms with Crippen molar-refractivity contribution in [1.82, 2.24) is 49.7 Å². The number of pyridine rings is 2. The molecule has 0 fully saturated rings. The van der Waals surface area contributed by atoms with Crippen LogP contribution in [-0.2, 0) is 32.2 Å². The number of nitrogen functional groups attached to an aromatic ring is 2. The van der Waals surface area contributed by atoms with Crippen molar-refractivity contribution in [2.45, 2.75) is 71.6 Å². The van der Waals surface area contributed by atoms with E-state index in [1.807, 2.05) is 60.1 Å². The molecule has 23 nitrogen and oxygen atoms in total. The van der Waals surface area contributed by atoms with E-state index < -0.39 is 29.8 Å². The van der Waals surface area contributed by atoms with E-state index in [4.69, 9.17) is 31.2 Å². The molecule has 0 bridgehead atoms. The van der Waals surface area contributed by atoms with Gasteiger partial charge in [-0.1, -0.05) is 61.4 Å². The summed E-state index contributed by atoms with van der Waals surface area (Å²) in [6.45, 7) is 17.9. The minimum atomic E-state index is -5.08. The second kappa shape index (κ2) is 28.7. The number of ether oxygens (including phenoxy) is 1. The molecule has 0 unspecified atom stereocenters. The number of halogens is 3. The van der Waals surface area contributed by atoms with E-state index in [0.29, 0.717) is 75.1 Å². The number of anilines is 4. The number of rotatable bonds is 8. The fourth-order valence-corrected chi connectivity index (χ4v) is 8.84. The van der Waals surface area contributed by atoms with Crippen LogP contribution in [0.2, 0.25) is 0 Å². The van der Waals surface area contributed by atoms with Crippen molar-refractivity contribution < 1.29 is 56.9 Å². The smallest absolute Gasteiger partial charge is 0.475 e. The number of aromatic nitrogens is 8. The molecule has 0 spiro atoms. The molecular weight excluding hydrogens is 1170 g/mol. The van der Waals surface area contributed by atoms with Crippen molar-refractivity contribution in [3.63, 3.8) is 0 Å². The van der Waals surface area contributed by atoms with Gasteiger partial charge in [-0.15, -0.1) is 0 Å². The molecule has 450 valence electrons. The number of hydrogen-bond donors (Lipinski definition) is 8. The first-order chi connectivity index (χ1) is 40.3. The second-order valence-corrected chi connectivity index (χ2v) is 19.2. The number of carbonyl (C=O) groups excluding carboxylic acids is 4. The average molecular weight is 1230 g/mol. The number of nitrogens with zero attached hydrogens (tertiary/aromatic N) is 8. The molecule has 8 heterocycles. The van der Waals surface area contributed by atoms with Gasteiger partial charge in [0.05, 0.1) is 34.2 Å². The van der Waals surface area contributed by atoms with Gasteiger partial charge in [0.2, 0.25) is 0 Å². The van der Waals surface area contributed by atoms with E-state index >= 15 is 0 Å². The first kappa shape index (κ1) is 67.1. The number of carboxylic acids is 2. The molecule has 28 heteroatoms. The van der Waals surface area contributed by atoms with Gasteiger partial charge >= 0.3 is 24.2 Å². The molecule has 10 N–H and O–H groups in total. The molecule has 4 amide bonds. The van der Waals surface area contributed by atoms with Crippen LogP contribution in [0.4, 0.5) is 41.2 Å². The summed E-state index contributed by atoms with van der Waals surface area (Å²) in [5.74, 6) is 6.08. The van der Waals surface area contributed by atoms with Crippen LogP contribution in [0.15, 0.2) is 123 Å². The van der Waals surface area contributed by atoms with E-state index in [1.165, 1.54) is 19.6 Å². The molecule has 0 saturated heterocycles. The summed E-state index contributed by atoms with van der Waals surface area (Å²) in [5, 5.41) is 27.6. The molecule has 0 aliphatic carbocycles. The third kappa shape index (κ3) is 16.1.